The van der Waals surface area contributed by atoms with Gasteiger partial charge in [0.05, 0.1) is 6.61 Å². The van der Waals surface area contributed by atoms with Crippen LogP contribution in [0.25, 0.3) is 0 Å². The summed E-state index contributed by atoms with van der Waals surface area (Å²) in [5, 5.41) is 30.9. The van der Waals surface area contributed by atoms with Crippen LogP contribution in [0.2, 0.25) is 0 Å². The highest BCUT2D eigenvalue weighted by Gasteiger charge is 2.46. The van der Waals surface area contributed by atoms with E-state index in [-0.39, 0.29) is 19.4 Å². The molecule has 62 heavy (non-hydrogen) atoms. The van der Waals surface area contributed by atoms with Crippen molar-refractivity contribution in [2.45, 2.75) is 192 Å². The van der Waals surface area contributed by atoms with Gasteiger partial charge in [0.1, 0.15) is 36.8 Å². The maximum Gasteiger partial charge on any atom is 0.306 e. The van der Waals surface area contributed by atoms with Crippen LogP contribution in [0.3, 0.4) is 0 Å². The number of carbonyl (C=O) groups is 2. The Morgan fingerprint density at radius 3 is 1.58 bits per heavy atom. The topological polar surface area (TPSA) is 186 Å². The molecule has 354 valence electrons. The number of hydrogen-bond acceptors (Lipinski definition) is 11. The van der Waals surface area contributed by atoms with Crippen LogP contribution >= 0.6 is 0 Å². The minimum absolute atomic E-state index is 0.0332. The third-order valence-electron chi connectivity index (χ3n) is 9.97. The Kier molecular flexibility index (Phi) is 35.1. The molecule has 1 aliphatic heterocycles. The molecule has 0 spiro atoms. The van der Waals surface area contributed by atoms with Gasteiger partial charge in [-0.05, 0) is 77.0 Å². The van der Waals surface area contributed by atoms with Crippen molar-refractivity contribution < 1.29 is 56.8 Å². The number of aliphatic hydroxyl groups is 3. The van der Waals surface area contributed by atoms with Gasteiger partial charge in [-0.1, -0.05) is 150 Å². The Labute approximate surface area is 373 Å². The molecule has 1 heterocycles. The quantitative estimate of drug-likeness (QED) is 0.0201. The van der Waals surface area contributed by atoms with Crippen LogP contribution in [0.1, 0.15) is 155 Å². The van der Waals surface area contributed by atoms with Crippen molar-refractivity contribution in [2.24, 2.45) is 0 Å². The standard InChI is InChI=1S/C49H80O12S/c1-3-5-7-9-11-13-15-17-19-20-21-22-24-26-28-30-32-34-36-38-45(51)60-42(40-59-49-48(54)47(53)46(52)43(61-49)41-62(55,56)57)39-58-44(50)37-35-33-31-29-27-25-23-18-16-14-12-10-8-6-4-2/h5,7,11,13,17-19,21-23,26,28,32,34,42-43,46-49,52-54H,3-4,6,8-10,12,14-16,20,24-25,27,29-31,33,35-41H2,1-2H3,(H,55,56,57)/b7-5+,13-11+,19-17+,22-21+,23-18+,28-26+,34-32+/t42-,43-,46-,47?,48?,49+/m1/s1. The SMILES string of the molecule is CC/C=C/C/C=C/C/C=C/C/C=C/C/C=C/C/C=C/CCC(=O)O[C@H](COC(=O)CCCCCCC/C=C/CCCCCCCC)CO[C@H]1O[C@H](CS(=O)(=O)O)[C@@H](O)C(O)C1O. The van der Waals surface area contributed by atoms with Crippen molar-refractivity contribution in [1.29, 1.82) is 0 Å². The molecule has 1 saturated heterocycles. The van der Waals surface area contributed by atoms with Gasteiger partial charge in [0.15, 0.2) is 12.4 Å². The van der Waals surface area contributed by atoms with Gasteiger partial charge >= 0.3 is 11.9 Å². The van der Waals surface area contributed by atoms with Crippen molar-refractivity contribution in [3.8, 4) is 0 Å². The number of esters is 2. The average molecular weight is 893 g/mol. The number of rotatable bonds is 37. The van der Waals surface area contributed by atoms with Gasteiger partial charge < -0.3 is 34.3 Å². The molecule has 0 bridgehead atoms. The fraction of sp³-hybridized carbons (Fsp3) is 0.673. The number of ether oxygens (including phenoxy) is 4. The van der Waals surface area contributed by atoms with Crippen LogP contribution in [-0.2, 0) is 38.7 Å². The number of carbonyl (C=O) groups excluding carboxylic acids is 2. The first kappa shape index (κ1) is 56.8. The molecular formula is C49H80O12S. The van der Waals surface area contributed by atoms with E-state index in [1.54, 1.807) is 0 Å². The maximum atomic E-state index is 12.8. The lowest BCUT2D eigenvalue weighted by Crippen LogP contribution is -2.60. The van der Waals surface area contributed by atoms with Crippen molar-refractivity contribution in [3.63, 3.8) is 0 Å². The van der Waals surface area contributed by atoms with E-state index in [2.05, 4.69) is 80.7 Å². The van der Waals surface area contributed by atoms with E-state index in [1.165, 1.54) is 38.5 Å². The molecule has 4 N–H and O–H groups in total. The summed E-state index contributed by atoms with van der Waals surface area (Å²) < 4.78 is 54.0. The largest absolute Gasteiger partial charge is 0.462 e. The Morgan fingerprint density at radius 1 is 0.565 bits per heavy atom. The molecule has 12 nitrogen and oxygen atoms in total. The van der Waals surface area contributed by atoms with Gasteiger partial charge in [-0.3, -0.25) is 14.1 Å². The molecule has 1 fully saturated rings. The van der Waals surface area contributed by atoms with Crippen LogP contribution in [0.15, 0.2) is 85.1 Å². The first-order valence-electron chi connectivity index (χ1n) is 23.1. The van der Waals surface area contributed by atoms with E-state index in [9.17, 15) is 37.9 Å². The molecule has 1 rings (SSSR count). The third kappa shape index (κ3) is 32.5. The zero-order valence-electron chi connectivity index (χ0n) is 37.7. The van der Waals surface area contributed by atoms with E-state index >= 15 is 0 Å². The van der Waals surface area contributed by atoms with Crippen LogP contribution in [0.4, 0.5) is 0 Å². The molecule has 2 unspecified atom stereocenters. The van der Waals surface area contributed by atoms with Gasteiger partial charge in [-0.15, -0.1) is 0 Å². The molecule has 0 aromatic rings. The predicted molar refractivity (Wildman–Crippen MR) is 247 cm³/mol. The number of aliphatic hydroxyl groups excluding tert-OH is 3. The lowest BCUT2D eigenvalue weighted by atomic mass is 10.00. The van der Waals surface area contributed by atoms with Gasteiger partial charge in [-0.25, -0.2) is 0 Å². The third-order valence-corrected chi connectivity index (χ3v) is 10.7. The summed E-state index contributed by atoms with van der Waals surface area (Å²) >= 11 is 0. The highest BCUT2D eigenvalue weighted by Crippen LogP contribution is 2.24. The van der Waals surface area contributed by atoms with E-state index in [4.69, 9.17) is 18.9 Å². The molecule has 0 aromatic heterocycles. The zero-order valence-corrected chi connectivity index (χ0v) is 38.5. The normalized spacial score (nSPS) is 20.6. The first-order chi connectivity index (χ1) is 30.0. The highest BCUT2D eigenvalue weighted by molar-refractivity contribution is 7.85. The van der Waals surface area contributed by atoms with E-state index < -0.39 is 71.2 Å². The molecular weight excluding hydrogens is 813 g/mol. The van der Waals surface area contributed by atoms with Crippen LogP contribution in [0.5, 0.6) is 0 Å². The smallest absolute Gasteiger partial charge is 0.306 e. The molecule has 0 amide bonds. The molecule has 0 aliphatic carbocycles. The van der Waals surface area contributed by atoms with E-state index in [0.717, 1.165) is 70.6 Å². The Morgan fingerprint density at radius 2 is 1.05 bits per heavy atom. The Hall–Kier alpha value is -3.17. The Bertz CT molecular complexity index is 1460. The minimum atomic E-state index is -4.62. The predicted octanol–water partition coefficient (Wildman–Crippen LogP) is 9.67. The molecule has 0 aromatic carbocycles. The fourth-order valence-electron chi connectivity index (χ4n) is 6.40. The summed E-state index contributed by atoms with van der Waals surface area (Å²) in [7, 11) is -4.62. The lowest BCUT2D eigenvalue weighted by Gasteiger charge is -2.40. The number of allylic oxidation sites excluding steroid dienone is 14. The van der Waals surface area contributed by atoms with E-state index in [0.29, 0.717) is 19.3 Å². The van der Waals surface area contributed by atoms with Crippen molar-refractivity contribution in [3.05, 3.63) is 85.1 Å². The van der Waals surface area contributed by atoms with Gasteiger partial charge in [0, 0.05) is 12.8 Å². The summed E-state index contributed by atoms with van der Waals surface area (Å²) in [4.78, 5) is 25.4. The summed E-state index contributed by atoms with van der Waals surface area (Å²) in [6.07, 6.45) is 40.7. The highest BCUT2D eigenvalue weighted by atomic mass is 32.2. The zero-order chi connectivity index (χ0) is 45.5. The first-order valence-corrected chi connectivity index (χ1v) is 24.8. The summed E-state index contributed by atoms with van der Waals surface area (Å²) in [6, 6.07) is 0. The minimum Gasteiger partial charge on any atom is -0.462 e. The second kappa shape index (κ2) is 38.3. The molecule has 13 heteroatoms. The molecule has 0 radical (unpaired) electrons. The lowest BCUT2D eigenvalue weighted by molar-refractivity contribution is -0.297. The van der Waals surface area contributed by atoms with Crippen molar-refractivity contribution in [1.82, 2.24) is 0 Å². The molecule has 1 aliphatic rings. The summed E-state index contributed by atoms with van der Waals surface area (Å²) in [5.41, 5.74) is 0. The van der Waals surface area contributed by atoms with Gasteiger partial charge in [-0.2, -0.15) is 8.42 Å². The van der Waals surface area contributed by atoms with Crippen LogP contribution < -0.4 is 0 Å². The fourth-order valence-corrected chi connectivity index (χ4v) is 7.09. The van der Waals surface area contributed by atoms with Gasteiger partial charge in [0.25, 0.3) is 10.1 Å². The Balaban J connectivity index is 2.51. The summed E-state index contributed by atoms with van der Waals surface area (Å²) in [5.74, 6) is -2.11. The second-order valence-electron chi connectivity index (χ2n) is 15.7. The van der Waals surface area contributed by atoms with Crippen LogP contribution in [-0.4, -0.2) is 96.0 Å². The summed E-state index contributed by atoms with van der Waals surface area (Å²) in [6.45, 7) is 3.56. The van der Waals surface area contributed by atoms with Crippen molar-refractivity contribution in [2.75, 3.05) is 19.0 Å². The second-order valence-corrected chi connectivity index (χ2v) is 17.2. The number of unbranched alkanes of at least 4 members (excludes halogenated alkanes) is 11. The van der Waals surface area contributed by atoms with Crippen molar-refractivity contribution >= 4 is 22.1 Å². The molecule has 0 saturated carbocycles. The number of hydrogen-bond donors (Lipinski definition) is 4. The molecule has 6 atom stereocenters. The van der Waals surface area contributed by atoms with E-state index in [1.807, 2.05) is 18.2 Å². The maximum absolute atomic E-state index is 12.8. The average Bonchev–Trinajstić information content (AvgIpc) is 3.24. The monoisotopic (exact) mass is 893 g/mol. The van der Waals surface area contributed by atoms with Gasteiger partial charge in [0.2, 0.25) is 0 Å². The van der Waals surface area contributed by atoms with Crippen LogP contribution in [0, 0.1) is 0 Å².